The normalized spacial score (nSPS) is 15.1. The van der Waals surface area contributed by atoms with Crippen LogP contribution in [0.2, 0.25) is 0 Å². The molecule has 0 bridgehead atoms. The molecule has 4 heterocycles. The van der Waals surface area contributed by atoms with Crippen LogP contribution in [-0.2, 0) is 53.6 Å². The van der Waals surface area contributed by atoms with Gasteiger partial charge in [-0.05, 0) is 128 Å². The Morgan fingerprint density at radius 1 is 0.418 bits per heavy atom. The molecular weight excluding hydrogens is 1300 g/mol. The van der Waals surface area contributed by atoms with E-state index in [1.807, 2.05) is 30.5 Å². The second kappa shape index (κ2) is 22.5. The standard InChI is InChI=1S/C84H87N4OSi.Pt/c1-79(2,3)56-35-38-67-68-39-36-57(80(4,5)6)49-76(68)90(75(67)48-56)73-34-25-24-33-71(73)88(77-50-58(41-42-85-77)81(7,8)9)72-52-63(37-40-74(72)90)89-64-47-61(84(16,17)18)46-62(51-64)86-53-87(70-32-23-22-31-69(70)86)78-65(54-27-20-19-21-28-54)29-26-30-66(78)55-43-59(82(10,11)12)45-60(44-55)83(13,14)15;/h19-50,53H,1-18H3;/q-3;/i19D,20D,21D,27D,28D;. The second-order valence-electron chi connectivity index (χ2n) is 31.2. The van der Waals surface area contributed by atoms with E-state index < -0.39 is 26.2 Å². The number of pyridine rings is 1. The van der Waals surface area contributed by atoms with Gasteiger partial charge in [0.2, 0.25) is 0 Å². The molecule has 0 aliphatic carbocycles. The zero-order valence-electron chi connectivity index (χ0n) is 61.2. The van der Waals surface area contributed by atoms with Crippen molar-refractivity contribution in [1.29, 1.82) is 0 Å². The molecule has 3 aliphatic rings. The summed E-state index contributed by atoms with van der Waals surface area (Å²) in [5.41, 5.74) is 16.0. The Balaban J connectivity index is 0.00000881. The van der Waals surface area contributed by atoms with Crippen molar-refractivity contribution in [2.75, 3.05) is 14.7 Å². The van der Waals surface area contributed by atoms with Gasteiger partial charge in [0.25, 0.3) is 0 Å². The number of benzene rings is 9. The Morgan fingerprint density at radius 3 is 1.51 bits per heavy atom. The molecule has 10 aromatic rings. The number of aromatic nitrogens is 1. The molecule has 0 amide bonds. The van der Waals surface area contributed by atoms with E-state index in [1.54, 1.807) is 0 Å². The van der Waals surface area contributed by atoms with Gasteiger partial charge in [0.1, 0.15) is 13.9 Å². The average molecular weight is 1400 g/mol. The Bertz CT molecular complexity index is 4660. The second-order valence-corrected chi connectivity index (χ2v) is 34.8. The maximum atomic E-state index is 9.45. The molecule has 1 spiro atoms. The van der Waals surface area contributed by atoms with Gasteiger partial charge >= 0.3 is 0 Å². The molecule has 466 valence electrons. The van der Waals surface area contributed by atoms with Gasteiger partial charge in [-0.25, -0.2) is 4.98 Å². The van der Waals surface area contributed by atoms with Crippen molar-refractivity contribution in [1.82, 2.24) is 4.98 Å². The summed E-state index contributed by atoms with van der Waals surface area (Å²) in [7, 11) is -3.21. The van der Waals surface area contributed by atoms with E-state index >= 15 is 0 Å². The van der Waals surface area contributed by atoms with E-state index in [0.717, 1.165) is 62.1 Å². The minimum Gasteiger partial charge on any atom is -0.509 e. The van der Waals surface area contributed by atoms with Crippen LogP contribution < -0.4 is 40.2 Å². The molecule has 9 aromatic carbocycles. The van der Waals surface area contributed by atoms with E-state index in [4.69, 9.17) is 13.8 Å². The number of nitrogens with zero attached hydrogens (tertiary/aromatic N) is 4. The van der Waals surface area contributed by atoms with Crippen molar-refractivity contribution < 1.29 is 32.7 Å². The van der Waals surface area contributed by atoms with Gasteiger partial charge in [-0.1, -0.05) is 264 Å². The van der Waals surface area contributed by atoms with Crippen molar-refractivity contribution in [3.05, 3.63) is 246 Å². The summed E-state index contributed by atoms with van der Waals surface area (Å²) >= 11 is 0. The molecule has 91 heavy (non-hydrogen) atoms. The van der Waals surface area contributed by atoms with E-state index in [9.17, 15) is 2.74 Å². The number of para-hydroxylation sites is 4. The number of rotatable bonds is 7. The van der Waals surface area contributed by atoms with Gasteiger partial charge < -0.3 is 19.4 Å². The van der Waals surface area contributed by atoms with Gasteiger partial charge in [0.05, 0.1) is 6.85 Å². The van der Waals surface area contributed by atoms with Crippen LogP contribution in [0.1, 0.15) is 165 Å². The maximum Gasteiger partial charge on any atom is 0.135 e. The monoisotopic (exact) mass is 1400 g/mol. The van der Waals surface area contributed by atoms with Crippen LogP contribution in [0.3, 0.4) is 0 Å². The molecule has 5 nitrogen and oxygen atoms in total. The third-order valence-electron chi connectivity index (χ3n) is 18.6. The predicted octanol–water partition coefficient (Wildman–Crippen LogP) is 20.1. The van der Waals surface area contributed by atoms with Crippen molar-refractivity contribution in [2.24, 2.45) is 0 Å². The third-order valence-corrected chi connectivity index (χ3v) is 23.5. The molecule has 0 N–H and O–H groups in total. The topological polar surface area (TPSA) is 31.8 Å². The zero-order valence-corrected chi connectivity index (χ0v) is 59.5. The van der Waals surface area contributed by atoms with E-state index in [2.05, 4.69) is 292 Å². The molecule has 7 heteroatoms. The Morgan fingerprint density at radius 2 is 0.934 bits per heavy atom. The molecule has 1 aromatic heterocycles. The summed E-state index contributed by atoms with van der Waals surface area (Å²) in [6, 6.07) is 63.6. The maximum absolute atomic E-state index is 9.45. The van der Waals surface area contributed by atoms with Gasteiger partial charge in [0.15, 0.2) is 0 Å². The van der Waals surface area contributed by atoms with Crippen LogP contribution in [0.5, 0.6) is 11.5 Å². The zero-order chi connectivity index (χ0) is 68.2. The summed E-state index contributed by atoms with van der Waals surface area (Å²) < 4.78 is 52.8. The van der Waals surface area contributed by atoms with E-state index in [1.165, 1.54) is 48.6 Å². The number of anilines is 7. The SMILES string of the molecule is [2H]c1c([2H])c([2H])c(-c2cccc(-c3cc(C(C)(C)C)cc(C(C)(C)C)c3)c2N2[CH-]N(c3[c-]c(Oc4[c-]c5c(cc4)[Si]4(c6cc(C(C)(C)C)ccc6-c6ccc(C(C)(C)C)cc64)c4ccccc4N5c4cc(C(C)(C)C)ccn4)cc(C(C)(C)C)c3)c3ccccc32)c([2H])c1[2H].[Pt]. The Labute approximate surface area is 565 Å². The van der Waals surface area contributed by atoms with E-state index in [0.29, 0.717) is 22.7 Å². The number of ether oxygens (including phenoxy) is 1. The number of fused-ring (bicyclic) bond motifs is 10. The molecule has 0 fully saturated rings. The number of hydrogen-bond donors (Lipinski definition) is 0. The van der Waals surface area contributed by atoms with Crippen LogP contribution >= 0.6 is 0 Å². The third kappa shape index (κ3) is 11.2. The fraction of sp³-hybridized carbons (Fsp3) is 0.286. The average Bonchev–Trinajstić information content (AvgIpc) is 1.47. The molecule has 13 rings (SSSR count). The summed E-state index contributed by atoms with van der Waals surface area (Å²) in [6.45, 7) is 42.6. The summed E-state index contributed by atoms with van der Waals surface area (Å²) in [4.78, 5) is 11.8. The van der Waals surface area contributed by atoms with Gasteiger partial charge in [-0.3, -0.25) is 0 Å². The Kier molecular flexibility index (Phi) is 14.1. The van der Waals surface area contributed by atoms with Crippen LogP contribution in [0, 0.1) is 18.8 Å². The van der Waals surface area contributed by atoms with Crippen molar-refractivity contribution in [2.45, 2.75) is 157 Å². The van der Waals surface area contributed by atoms with Crippen LogP contribution in [-0.4, -0.2) is 13.1 Å². The molecular formula is C84H87N4OPtSi-3. The molecule has 0 unspecified atom stereocenters. The van der Waals surface area contributed by atoms with Crippen molar-refractivity contribution in [3.8, 4) is 44.9 Å². The van der Waals surface area contributed by atoms with Gasteiger partial charge in [0, 0.05) is 72.6 Å². The summed E-state index contributed by atoms with van der Waals surface area (Å²) in [5, 5.41) is 5.27. The first kappa shape index (κ1) is 57.2. The minimum absolute atomic E-state index is 0. The van der Waals surface area contributed by atoms with Crippen molar-refractivity contribution >= 4 is 68.8 Å². The summed E-state index contributed by atoms with van der Waals surface area (Å²) in [6.07, 6.45) is 1.94. The largest absolute Gasteiger partial charge is 0.509 e. The molecule has 0 radical (unpaired) electrons. The predicted molar refractivity (Wildman–Crippen MR) is 384 cm³/mol. The minimum atomic E-state index is -3.21. The molecule has 0 saturated heterocycles. The first-order chi connectivity index (χ1) is 44.5. The first-order valence-electron chi connectivity index (χ1n) is 34.3. The fourth-order valence-electron chi connectivity index (χ4n) is 13.4. The summed E-state index contributed by atoms with van der Waals surface area (Å²) in [5.74, 6) is 1.84. The fourth-order valence-corrected chi connectivity index (χ4v) is 18.9. The molecule has 0 saturated carbocycles. The quantitative estimate of drug-likeness (QED) is 0.117. The molecule has 0 atom stereocenters. The first-order valence-corrected chi connectivity index (χ1v) is 33.8. The molecule has 3 aliphatic heterocycles. The van der Waals surface area contributed by atoms with Crippen LogP contribution in [0.25, 0.3) is 33.4 Å². The number of hydrogen-bond acceptors (Lipinski definition) is 5. The van der Waals surface area contributed by atoms with Crippen LogP contribution in [0.4, 0.5) is 39.9 Å². The van der Waals surface area contributed by atoms with Crippen LogP contribution in [0.15, 0.2) is 194 Å². The van der Waals surface area contributed by atoms with Gasteiger partial charge in [-0.15, -0.1) is 53.4 Å². The van der Waals surface area contributed by atoms with Gasteiger partial charge in [-0.2, -0.15) is 6.07 Å². The van der Waals surface area contributed by atoms with E-state index in [-0.39, 0.29) is 71.2 Å². The smallest absolute Gasteiger partial charge is 0.135 e. The van der Waals surface area contributed by atoms with Crippen molar-refractivity contribution in [3.63, 3.8) is 0 Å². The Hall–Kier alpha value is -7.76.